The molecule has 1 nitrogen and oxygen atoms in total. The maximum atomic E-state index is 11.4. The summed E-state index contributed by atoms with van der Waals surface area (Å²) in [7, 11) is 0. The fourth-order valence-corrected chi connectivity index (χ4v) is 3.82. The second-order valence-corrected chi connectivity index (χ2v) is 4.58. The Morgan fingerprint density at radius 1 is 0.900 bits per heavy atom. The SMILES string of the molecule is O=C1C2[C@H]3C[C@H]3C1[C@@H]1C[C@H]21. The number of rotatable bonds is 0. The van der Waals surface area contributed by atoms with Gasteiger partial charge in [0.05, 0.1) is 0 Å². The van der Waals surface area contributed by atoms with E-state index < -0.39 is 0 Å². The second-order valence-electron chi connectivity index (χ2n) is 4.58. The minimum atomic E-state index is 0.583. The van der Waals surface area contributed by atoms with E-state index in [4.69, 9.17) is 0 Å². The van der Waals surface area contributed by atoms with E-state index in [0.717, 1.165) is 23.7 Å². The highest BCUT2D eigenvalue weighted by Crippen LogP contribution is 2.75. The Morgan fingerprint density at radius 2 is 1.30 bits per heavy atom. The van der Waals surface area contributed by atoms with E-state index in [1.807, 2.05) is 0 Å². The highest BCUT2D eigenvalue weighted by molar-refractivity contribution is 5.92. The van der Waals surface area contributed by atoms with Crippen LogP contribution in [0.15, 0.2) is 0 Å². The average molecular weight is 134 g/mol. The number of hydrogen-bond donors (Lipinski definition) is 0. The molecule has 4 fully saturated rings. The first-order valence-corrected chi connectivity index (χ1v) is 4.41. The first-order chi connectivity index (χ1) is 4.88. The molecule has 1 heteroatoms. The van der Waals surface area contributed by atoms with Crippen LogP contribution in [0, 0.1) is 35.5 Å². The van der Waals surface area contributed by atoms with E-state index in [9.17, 15) is 4.79 Å². The minimum Gasteiger partial charge on any atom is -0.299 e. The molecule has 0 radical (unpaired) electrons. The van der Waals surface area contributed by atoms with Crippen LogP contribution in [0.1, 0.15) is 12.8 Å². The molecule has 2 bridgehead atoms. The molecule has 0 aromatic rings. The summed E-state index contributed by atoms with van der Waals surface area (Å²) in [6, 6.07) is 0. The van der Waals surface area contributed by atoms with Crippen molar-refractivity contribution in [1.29, 1.82) is 0 Å². The molecule has 0 aromatic heterocycles. The zero-order chi connectivity index (χ0) is 6.46. The van der Waals surface area contributed by atoms with Gasteiger partial charge in [-0.2, -0.15) is 0 Å². The number of carbonyl (C=O) groups excluding carboxylic acids is 1. The fourth-order valence-electron chi connectivity index (χ4n) is 3.82. The van der Waals surface area contributed by atoms with Gasteiger partial charge in [0.25, 0.3) is 0 Å². The van der Waals surface area contributed by atoms with E-state index in [1.54, 1.807) is 0 Å². The molecule has 0 amide bonds. The largest absolute Gasteiger partial charge is 0.299 e. The van der Waals surface area contributed by atoms with E-state index in [2.05, 4.69) is 0 Å². The lowest BCUT2D eigenvalue weighted by Crippen LogP contribution is -2.13. The highest BCUT2D eigenvalue weighted by atomic mass is 16.1. The molecule has 0 N–H and O–H groups in total. The summed E-state index contributed by atoms with van der Waals surface area (Å²) in [4.78, 5) is 11.4. The van der Waals surface area contributed by atoms with Gasteiger partial charge in [0.15, 0.2) is 0 Å². The van der Waals surface area contributed by atoms with Crippen LogP contribution in [0.4, 0.5) is 0 Å². The second kappa shape index (κ2) is 0.992. The summed E-state index contributed by atoms with van der Waals surface area (Å²) >= 11 is 0. The first kappa shape index (κ1) is 4.53. The van der Waals surface area contributed by atoms with E-state index in [-0.39, 0.29) is 0 Å². The van der Waals surface area contributed by atoms with Crippen molar-refractivity contribution in [2.75, 3.05) is 0 Å². The van der Waals surface area contributed by atoms with Crippen LogP contribution in [-0.2, 0) is 4.79 Å². The normalized spacial score (nSPS) is 73.4. The van der Waals surface area contributed by atoms with Crippen molar-refractivity contribution in [1.82, 2.24) is 0 Å². The van der Waals surface area contributed by atoms with Crippen LogP contribution < -0.4 is 0 Å². The van der Waals surface area contributed by atoms with Crippen molar-refractivity contribution < 1.29 is 4.79 Å². The zero-order valence-electron chi connectivity index (χ0n) is 5.79. The van der Waals surface area contributed by atoms with Crippen LogP contribution >= 0.6 is 0 Å². The van der Waals surface area contributed by atoms with E-state index in [1.165, 1.54) is 12.8 Å². The van der Waals surface area contributed by atoms with Crippen LogP contribution in [0.3, 0.4) is 0 Å². The van der Waals surface area contributed by atoms with Gasteiger partial charge in [0, 0.05) is 11.8 Å². The van der Waals surface area contributed by atoms with Gasteiger partial charge in [-0.1, -0.05) is 0 Å². The van der Waals surface area contributed by atoms with Gasteiger partial charge in [-0.05, 0) is 36.5 Å². The first-order valence-electron chi connectivity index (χ1n) is 4.41. The fraction of sp³-hybridized carbons (Fsp3) is 0.889. The lowest BCUT2D eigenvalue weighted by Gasteiger charge is -2.03. The average Bonchev–Trinajstić information content (AvgIpc) is 2.71. The quantitative estimate of drug-likeness (QED) is 0.484. The highest BCUT2D eigenvalue weighted by Gasteiger charge is 2.75. The molecule has 0 spiro atoms. The summed E-state index contributed by atoms with van der Waals surface area (Å²) in [5.74, 6) is 5.40. The molecule has 4 saturated carbocycles. The van der Waals surface area contributed by atoms with Crippen LogP contribution in [0.2, 0.25) is 0 Å². The Morgan fingerprint density at radius 3 is 1.60 bits per heavy atom. The summed E-state index contributed by atoms with van der Waals surface area (Å²) in [6.07, 6.45) is 2.82. The van der Waals surface area contributed by atoms with E-state index in [0.29, 0.717) is 17.6 Å². The number of hydrogen-bond acceptors (Lipinski definition) is 1. The summed E-state index contributed by atoms with van der Waals surface area (Å²) < 4.78 is 0. The number of fused-ring (bicyclic) bond motifs is 8. The lowest BCUT2D eigenvalue weighted by molar-refractivity contribution is -0.123. The van der Waals surface area contributed by atoms with Gasteiger partial charge in [-0.3, -0.25) is 4.79 Å². The Labute approximate surface area is 59.8 Å². The van der Waals surface area contributed by atoms with Crippen LogP contribution in [0.25, 0.3) is 0 Å². The Bertz CT molecular complexity index is 205. The van der Waals surface area contributed by atoms with Gasteiger partial charge in [0.2, 0.25) is 0 Å². The van der Waals surface area contributed by atoms with Crippen LogP contribution in [-0.4, -0.2) is 5.78 Å². The molecule has 0 aliphatic heterocycles. The summed E-state index contributed by atoms with van der Waals surface area (Å²) in [6.45, 7) is 0. The van der Waals surface area contributed by atoms with Gasteiger partial charge < -0.3 is 0 Å². The lowest BCUT2D eigenvalue weighted by atomic mass is 9.99. The summed E-state index contributed by atoms with van der Waals surface area (Å²) in [5, 5.41) is 0. The zero-order valence-corrected chi connectivity index (χ0v) is 5.79. The molecule has 4 atom stereocenters. The Hall–Kier alpha value is -0.330. The smallest absolute Gasteiger partial charge is 0.140 e. The van der Waals surface area contributed by atoms with Gasteiger partial charge >= 0.3 is 0 Å². The van der Waals surface area contributed by atoms with Crippen molar-refractivity contribution in [3.63, 3.8) is 0 Å². The number of ketones is 1. The molecule has 10 heavy (non-hydrogen) atoms. The van der Waals surface area contributed by atoms with E-state index >= 15 is 0 Å². The molecular weight excluding hydrogens is 124 g/mol. The molecular formula is C9H10O. The topological polar surface area (TPSA) is 17.1 Å². The minimum absolute atomic E-state index is 0.583. The van der Waals surface area contributed by atoms with Crippen molar-refractivity contribution in [2.45, 2.75) is 12.8 Å². The van der Waals surface area contributed by atoms with Crippen molar-refractivity contribution in [3.05, 3.63) is 0 Å². The third-order valence-corrected chi connectivity index (χ3v) is 4.28. The maximum Gasteiger partial charge on any atom is 0.140 e. The van der Waals surface area contributed by atoms with Crippen molar-refractivity contribution in [2.24, 2.45) is 35.5 Å². The molecule has 4 aliphatic rings. The number of Topliss-reactive ketones (excluding diaryl/α,β-unsaturated/α-hetero) is 1. The summed E-state index contributed by atoms with van der Waals surface area (Å²) in [5.41, 5.74) is 0. The standard InChI is InChI=1S/C9H10O/c10-9-7-3-1-4(3)8(9)6-2-5(6)7/h3-8H,1-2H2/t3-,4+,5-,6+,7?,8?. The number of carbonyl (C=O) groups is 1. The van der Waals surface area contributed by atoms with Gasteiger partial charge in [-0.15, -0.1) is 0 Å². The van der Waals surface area contributed by atoms with Gasteiger partial charge in [-0.25, -0.2) is 0 Å². The molecule has 4 rings (SSSR count). The molecule has 0 unspecified atom stereocenters. The molecule has 0 aromatic carbocycles. The van der Waals surface area contributed by atoms with Gasteiger partial charge in [0.1, 0.15) is 5.78 Å². The molecule has 52 valence electrons. The third-order valence-electron chi connectivity index (χ3n) is 4.28. The maximum absolute atomic E-state index is 11.4. The predicted octanol–water partition coefficient (Wildman–Crippen LogP) is 1.09. The Balaban J connectivity index is 1.95. The van der Waals surface area contributed by atoms with Crippen LogP contribution in [0.5, 0.6) is 0 Å². The molecule has 0 heterocycles. The molecule has 4 aliphatic carbocycles. The third kappa shape index (κ3) is 0.268. The predicted molar refractivity (Wildman–Crippen MR) is 35.2 cm³/mol. The molecule has 0 saturated heterocycles. The van der Waals surface area contributed by atoms with Crippen molar-refractivity contribution in [3.8, 4) is 0 Å². The van der Waals surface area contributed by atoms with Crippen molar-refractivity contribution >= 4 is 5.78 Å². The Kier molecular flexibility index (Phi) is 0.449. The monoisotopic (exact) mass is 134 g/mol.